The standard InChI is InChI=1S/C17H18N4O3/c1-11-13(9-18-24-11)17-19-16(12-7-8-23-10-12)20-21(17)14-5-3-4-6-15(14)22-2/h3-6,9,12H,7-8,10H2,1-2H3/t12-/m1/s1. The summed E-state index contributed by atoms with van der Waals surface area (Å²) in [5.41, 5.74) is 1.65. The molecule has 3 aromatic rings. The van der Waals surface area contributed by atoms with Crippen LogP contribution in [0.4, 0.5) is 0 Å². The van der Waals surface area contributed by atoms with E-state index in [1.54, 1.807) is 18.0 Å². The number of hydrogen-bond donors (Lipinski definition) is 0. The van der Waals surface area contributed by atoms with Gasteiger partial charge in [0, 0.05) is 12.5 Å². The Morgan fingerprint density at radius 3 is 2.88 bits per heavy atom. The number of aryl methyl sites for hydroxylation is 1. The number of para-hydroxylation sites is 2. The monoisotopic (exact) mass is 326 g/mol. The van der Waals surface area contributed by atoms with Gasteiger partial charge < -0.3 is 14.0 Å². The topological polar surface area (TPSA) is 75.2 Å². The fourth-order valence-electron chi connectivity index (χ4n) is 2.90. The third kappa shape index (κ3) is 2.46. The third-order valence-electron chi connectivity index (χ3n) is 4.22. The van der Waals surface area contributed by atoms with Gasteiger partial charge in [-0.1, -0.05) is 17.3 Å². The summed E-state index contributed by atoms with van der Waals surface area (Å²) in [5, 5.41) is 8.61. The van der Waals surface area contributed by atoms with Gasteiger partial charge in [-0.2, -0.15) is 5.10 Å². The molecule has 4 rings (SSSR count). The zero-order valence-corrected chi connectivity index (χ0v) is 13.6. The Hall–Kier alpha value is -2.67. The Bertz CT molecular complexity index is 849. The predicted molar refractivity (Wildman–Crippen MR) is 86.3 cm³/mol. The molecule has 1 aliphatic rings. The highest BCUT2D eigenvalue weighted by atomic mass is 16.5. The summed E-state index contributed by atoms with van der Waals surface area (Å²) >= 11 is 0. The minimum absolute atomic E-state index is 0.208. The Kier molecular flexibility index (Phi) is 3.78. The summed E-state index contributed by atoms with van der Waals surface area (Å²) in [5.74, 6) is 3.11. The lowest BCUT2D eigenvalue weighted by atomic mass is 10.1. The fraction of sp³-hybridized carbons (Fsp3) is 0.353. The van der Waals surface area contributed by atoms with Gasteiger partial charge in [-0.05, 0) is 25.5 Å². The normalized spacial score (nSPS) is 17.3. The van der Waals surface area contributed by atoms with Gasteiger partial charge in [0.25, 0.3) is 0 Å². The highest BCUT2D eigenvalue weighted by Gasteiger charge is 2.26. The van der Waals surface area contributed by atoms with E-state index in [0.29, 0.717) is 18.2 Å². The molecule has 3 heterocycles. The van der Waals surface area contributed by atoms with Crippen molar-refractivity contribution in [3.8, 4) is 22.8 Å². The molecule has 0 spiro atoms. The second-order valence-corrected chi connectivity index (χ2v) is 5.73. The Labute approximate surface area is 139 Å². The van der Waals surface area contributed by atoms with Crippen molar-refractivity contribution in [1.29, 1.82) is 0 Å². The molecule has 0 unspecified atom stereocenters. The lowest BCUT2D eigenvalue weighted by Gasteiger charge is -2.09. The van der Waals surface area contributed by atoms with E-state index in [9.17, 15) is 0 Å². The van der Waals surface area contributed by atoms with Gasteiger partial charge >= 0.3 is 0 Å². The molecule has 1 fully saturated rings. The first-order chi connectivity index (χ1) is 11.8. The van der Waals surface area contributed by atoms with Gasteiger partial charge in [0.2, 0.25) is 0 Å². The summed E-state index contributed by atoms with van der Waals surface area (Å²) < 4.78 is 18.0. The number of aromatic nitrogens is 4. The average molecular weight is 326 g/mol. The van der Waals surface area contributed by atoms with Crippen LogP contribution in [0, 0.1) is 6.92 Å². The largest absolute Gasteiger partial charge is 0.494 e. The zero-order chi connectivity index (χ0) is 16.5. The van der Waals surface area contributed by atoms with Gasteiger partial charge in [-0.3, -0.25) is 0 Å². The van der Waals surface area contributed by atoms with Crippen LogP contribution in [0.2, 0.25) is 0 Å². The van der Waals surface area contributed by atoms with Crippen LogP contribution in [0.1, 0.15) is 23.9 Å². The molecule has 0 aliphatic carbocycles. The smallest absolute Gasteiger partial charge is 0.168 e. The molecule has 1 atom stereocenters. The van der Waals surface area contributed by atoms with Crippen molar-refractivity contribution < 1.29 is 14.0 Å². The summed E-state index contributed by atoms with van der Waals surface area (Å²) in [6.07, 6.45) is 2.60. The van der Waals surface area contributed by atoms with E-state index in [1.807, 2.05) is 31.2 Å². The maximum Gasteiger partial charge on any atom is 0.168 e. The Morgan fingerprint density at radius 1 is 1.29 bits per heavy atom. The first-order valence-electron chi connectivity index (χ1n) is 7.87. The summed E-state index contributed by atoms with van der Waals surface area (Å²) in [4.78, 5) is 4.76. The van der Waals surface area contributed by atoms with E-state index < -0.39 is 0 Å². The van der Waals surface area contributed by atoms with Crippen LogP contribution < -0.4 is 4.74 Å². The maximum absolute atomic E-state index is 5.48. The molecule has 0 amide bonds. The number of benzene rings is 1. The molecule has 124 valence electrons. The van der Waals surface area contributed by atoms with E-state index in [0.717, 1.165) is 35.9 Å². The molecule has 7 heteroatoms. The van der Waals surface area contributed by atoms with Crippen molar-refractivity contribution >= 4 is 0 Å². The third-order valence-corrected chi connectivity index (χ3v) is 4.22. The molecule has 0 radical (unpaired) electrons. The second-order valence-electron chi connectivity index (χ2n) is 5.73. The first kappa shape index (κ1) is 14.9. The van der Waals surface area contributed by atoms with Crippen LogP contribution in [-0.2, 0) is 4.74 Å². The summed E-state index contributed by atoms with van der Waals surface area (Å²) in [6, 6.07) is 7.73. The molecule has 7 nitrogen and oxygen atoms in total. The molecule has 1 aliphatic heterocycles. The van der Waals surface area contributed by atoms with Gasteiger partial charge in [-0.25, -0.2) is 9.67 Å². The lowest BCUT2D eigenvalue weighted by molar-refractivity contribution is 0.193. The average Bonchev–Trinajstić information content (AvgIpc) is 3.34. The molecule has 0 saturated carbocycles. The highest BCUT2D eigenvalue weighted by molar-refractivity contribution is 5.61. The van der Waals surface area contributed by atoms with Crippen molar-refractivity contribution in [3.63, 3.8) is 0 Å². The minimum Gasteiger partial charge on any atom is -0.494 e. The molecule has 2 aromatic heterocycles. The van der Waals surface area contributed by atoms with Crippen molar-refractivity contribution in [2.24, 2.45) is 0 Å². The van der Waals surface area contributed by atoms with Gasteiger partial charge in [0.1, 0.15) is 17.2 Å². The molecular formula is C17H18N4O3. The van der Waals surface area contributed by atoms with E-state index >= 15 is 0 Å². The van der Waals surface area contributed by atoms with E-state index in [4.69, 9.17) is 24.1 Å². The number of methoxy groups -OCH3 is 1. The molecule has 1 saturated heterocycles. The SMILES string of the molecule is COc1ccccc1-n1nc([C@@H]2CCOC2)nc1-c1cnoc1C. The Balaban J connectivity index is 1.89. The van der Waals surface area contributed by atoms with Gasteiger partial charge in [0.05, 0.1) is 25.5 Å². The number of rotatable bonds is 4. The van der Waals surface area contributed by atoms with E-state index in [-0.39, 0.29) is 5.92 Å². The van der Waals surface area contributed by atoms with Crippen LogP contribution in [0.25, 0.3) is 17.1 Å². The molecule has 0 bridgehead atoms. The second kappa shape index (κ2) is 6.09. The van der Waals surface area contributed by atoms with Gasteiger partial charge in [0.15, 0.2) is 11.6 Å². The van der Waals surface area contributed by atoms with Crippen molar-refractivity contribution in [3.05, 3.63) is 42.0 Å². The first-order valence-corrected chi connectivity index (χ1v) is 7.87. The van der Waals surface area contributed by atoms with Gasteiger partial charge in [-0.15, -0.1) is 0 Å². The number of hydrogen-bond acceptors (Lipinski definition) is 6. The Morgan fingerprint density at radius 2 is 2.17 bits per heavy atom. The van der Waals surface area contributed by atoms with E-state index in [2.05, 4.69) is 5.16 Å². The summed E-state index contributed by atoms with van der Waals surface area (Å²) in [7, 11) is 1.64. The molecule has 0 N–H and O–H groups in total. The molecular weight excluding hydrogens is 308 g/mol. The number of ether oxygens (including phenoxy) is 2. The van der Waals surface area contributed by atoms with Crippen LogP contribution in [0.3, 0.4) is 0 Å². The fourth-order valence-corrected chi connectivity index (χ4v) is 2.90. The lowest BCUT2D eigenvalue weighted by Crippen LogP contribution is -2.04. The number of nitrogens with zero attached hydrogens (tertiary/aromatic N) is 4. The minimum atomic E-state index is 0.208. The predicted octanol–water partition coefficient (Wildman–Crippen LogP) is 2.74. The quantitative estimate of drug-likeness (QED) is 0.734. The van der Waals surface area contributed by atoms with Crippen LogP contribution in [0.15, 0.2) is 35.0 Å². The van der Waals surface area contributed by atoms with Crippen molar-refractivity contribution in [2.45, 2.75) is 19.3 Å². The molecule has 24 heavy (non-hydrogen) atoms. The van der Waals surface area contributed by atoms with Crippen LogP contribution >= 0.6 is 0 Å². The molecule has 1 aromatic carbocycles. The van der Waals surface area contributed by atoms with Crippen molar-refractivity contribution in [1.82, 2.24) is 19.9 Å². The maximum atomic E-state index is 5.48. The van der Waals surface area contributed by atoms with E-state index in [1.165, 1.54) is 0 Å². The van der Waals surface area contributed by atoms with Crippen LogP contribution in [-0.4, -0.2) is 40.2 Å². The highest BCUT2D eigenvalue weighted by Crippen LogP contribution is 2.31. The zero-order valence-electron chi connectivity index (χ0n) is 13.6. The van der Waals surface area contributed by atoms with Crippen LogP contribution in [0.5, 0.6) is 5.75 Å². The summed E-state index contributed by atoms with van der Waals surface area (Å²) in [6.45, 7) is 3.26. The van der Waals surface area contributed by atoms with Crippen molar-refractivity contribution in [2.75, 3.05) is 20.3 Å².